The van der Waals surface area contributed by atoms with Crippen LogP contribution in [0.3, 0.4) is 0 Å². The molecule has 24 heavy (non-hydrogen) atoms. The maximum absolute atomic E-state index is 11.8. The van der Waals surface area contributed by atoms with Crippen LogP contribution in [0.15, 0.2) is 42.7 Å². The molecule has 1 amide bonds. The Hall–Kier alpha value is -2.89. The van der Waals surface area contributed by atoms with E-state index in [2.05, 4.69) is 27.5 Å². The van der Waals surface area contributed by atoms with Crippen LogP contribution in [-0.2, 0) is 11.3 Å². The van der Waals surface area contributed by atoms with Gasteiger partial charge in [-0.1, -0.05) is 12.1 Å². The Morgan fingerprint density at radius 3 is 2.83 bits per heavy atom. The van der Waals surface area contributed by atoms with Gasteiger partial charge in [-0.25, -0.2) is 9.50 Å². The topological polar surface area (TPSA) is 62.5 Å². The number of fused-ring (bicyclic) bond motifs is 1. The molecule has 0 bridgehead atoms. The lowest BCUT2D eigenvalue weighted by Crippen LogP contribution is -2.23. The van der Waals surface area contributed by atoms with Gasteiger partial charge in [-0.2, -0.15) is 5.10 Å². The van der Waals surface area contributed by atoms with Crippen LogP contribution >= 0.6 is 0 Å². The van der Waals surface area contributed by atoms with Crippen molar-refractivity contribution in [3.8, 4) is 0 Å². The van der Waals surface area contributed by atoms with Gasteiger partial charge in [-0.05, 0) is 37.1 Å². The summed E-state index contributed by atoms with van der Waals surface area (Å²) in [7, 11) is 0. The summed E-state index contributed by atoms with van der Waals surface area (Å²) in [5.74, 6) is 1.03. The fourth-order valence-corrected chi connectivity index (χ4v) is 3.08. The molecule has 6 nitrogen and oxygen atoms in total. The maximum atomic E-state index is 11.8. The summed E-state index contributed by atoms with van der Waals surface area (Å²) in [4.78, 5) is 18.1. The third kappa shape index (κ3) is 2.71. The Bertz CT molecular complexity index is 884. The largest absolute Gasteiger partial charge is 0.364 e. The Labute approximate surface area is 140 Å². The molecule has 2 aromatic heterocycles. The van der Waals surface area contributed by atoms with E-state index in [1.807, 2.05) is 40.7 Å². The highest BCUT2D eigenvalue weighted by Gasteiger charge is 2.21. The smallest absolute Gasteiger partial charge is 0.227 e. The molecule has 3 heterocycles. The maximum Gasteiger partial charge on any atom is 0.227 e. The lowest BCUT2D eigenvalue weighted by Gasteiger charge is -2.16. The first-order valence-corrected chi connectivity index (χ1v) is 8.15. The van der Waals surface area contributed by atoms with Crippen molar-refractivity contribution in [3.05, 3.63) is 54.0 Å². The fraction of sp³-hybridized carbons (Fsp3) is 0.278. The van der Waals surface area contributed by atoms with E-state index in [1.54, 1.807) is 6.20 Å². The van der Waals surface area contributed by atoms with Crippen molar-refractivity contribution in [3.63, 3.8) is 0 Å². The third-order valence-electron chi connectivity index (χ3n) is 4.29. The van der Waals surface area contributed by atoms with E-state index in [4.69, 9.17) is 0 Å². The van der Waals surface area contributed by atoms with Crippen molar-refractivity contribution in [1.82, 2.24) is 14.6 Å². The van der Waals surface area contributed by atoms with Crippen LogP contribution in [0, 0.1) is 6.92 Å². The molecule has 0 unspecified atom stereocenters. The zero-order valence-corrected chi connectivity index (χ0v) is 13.6. The number of hydrogen-bond donors (Lipinski definition) is 1. The van der Waals surface area contributed by atoms with Gasteiger partial charge in [0.05, 0.1) is 5.69 Å². The minimum atomic E-state index is 0.216. The molecule has 0 saturated carbocycles. The van der Waals surface area contributed by atoms with Crippen LogP contribution in [-0.4, -0.2) is 27.0 Å². The molecule has 122 valence electrons. The molecular formula is C18H19N5O. The van der Waals surface area contributed by atoms with Gasteiger partial charge in [0.15, 0.2) is 5.82 Å². The number of amides is 1. The molecule has 1 aliphatic heterocycles. The lowest BCUT2D eigenvalue weighted by molar-refractivity contribution is -0.117. The summed E-state index contributed by atoms with van der Waals surface area (Å²) < 4.78 is 1.83. The van der Waals surface area contributed by atoms with Crippen LogP contribution in [0.4, 0.5) is 11.5 Å². The van der Waals surface area contributed by atoms with Crippen LogP contribution in [0.25, 0.3) is 5.52 Å². The van der Waals surface area contributed by atoms with Gasteiger partial charge >= 0.3 is 0 Å². The average Bonchev–Trinajstić information content (AvgIpc) is 3.18. The van der Waals surface area contributed by atoms with E-state index in [9.17, 15) is 4.79 Å². The number of carbonyl (C=O) groups is 1. The van der Waals surface area contributed by atoms with E-state index in [-0.39, 0.29) is 5.91 Å². The second-order valence-corrected chi connectivity index (χ2v) is 6.06. The standard InChI is InChI=1S/C18H19N5O/c1-13-11-16-18(19-8-10-23(16)21-13)20-12-14-4-6-15(7-5-14)22-9-2-3-17(22)24/h4-8,10-11H,2-3,9,12H2,1H3,(H,19,20). The summed E-state index contributed by atoms with van der Waals surface area (Å²) in [6.07, 6.45) is 5.19. The monoisotopic (exact) mass is 321 g/mol. The number of aryl methyl sites for hydroxylation is 1. The second-order valence-electron chi connectivity index (χ2n) is 6.06. The number of hydrogen-bond acceptors (Lipinski definition) is 4. The van der Waals surface area contributed by atoms with E-state index in [1.165, 1.54) is 0 Å². The summed E-state index contributed by atoms with van der Waals surface area (Å²) in [5, 5.41) is 7.75. The molecule has 1 saturated heterocycles. The van der Waals surface area contributed by atoms with Crippen molar-refractivity contribution >= 4 is 22.9 Å². The average molecular weight is 321 g/mol. The van der Waals surface area contributed by atoms with Crippen molar-refractivity contribution in [1.29, 1.82) is 0 Å². The fourth-order valence-electron chi connectivity index (χ4n) is 3.08. The number of aromatic nitrogens is 3. The molecule has 3 aromatic rings. The first-order chi connectivity index (χ1) is 11.7. The van der Waals surface area contributed by atoms with Crippen molar-refractivity contribution < 1.29 is 4.79 Å². The van der Waals surface area contributed by atoms with Gasteiger partial charge in [0.2, 0.25) is 5.91 Å². The van der Waals surface area contributed by atoms with Crippen LogP contribution in [0.1, 0.15) is 24.1 Å². The normalized spacial score (nSPS) is 14.5. The van der Waals surface area contributed by atoms with Crippen molar-refractivity contribution in [2.45, 2.75) is 26.3 Å². The molecule has 1 aromatic carbocycles. The van der Waals surface area contributed by atoms with Crippen LogP contribution < -0.4 is 10.2 Å². The number of benzene rings is 1. The molecule has 0 aliphatic carbocycles. The van der Waals surface area contributed by atoms with E-state index < -0.39 is 0 Å². The molecule has 0 atom stereocenters. The quantitative estimate of drug-likeness (QED) is 0.802. The number of carbonyl (C=O) groups excluding carboxylic acids is 1. The zero-order valence-electron chi connectivity index (χ0n) is 13.6. The summed E-state index contributed by atoms with van der Waals surface area (Å²) in [6, 6.07) is 10.1. The molecular weight excluding hydrogens is 302 g/mol. The summed E-state index contributed by atoms with van der Waals surface area (Å²) >= 11 is 0. The first-order valence-electron chi connectivity index (χ1n) is 8.15. The van der Waals surface area contributed by atoms with Gasteiger partial charge in [0.1, 0.15) is 5.52 Å². The third-order valence-corrected chi connectivity index (χ3v) is 4.29. The highest BCUT2D eigenvalue weighted by molar-refractivity contribution is 5.95. The minimum absolute atomic E-state index is 0.216. The van der Waals surface area contributed by atoms with Gasteiger partial charge < -0.3 is 10.2 Å². The number of anilines is 2. The van der Waals surface area contributed by atoms with Gasteiger partial charge in [0.25, 0.3) is 0 Å². The Morgan fingerprint density at radius 2 is 2.08 bits per heavy atom. The Kier molecular flexibility index (Phi) is 3.65. The molecule has 0 radical (unpaired) electrons. The molecule has 1 N–H and O–H groups in total. The van der Waals surface area contributed by atoms with Crippen molar-refractivity contribution in [2.24, 2.45) is 0 Å². The number of rotatable bonds is 4. The first kappa shape index (κ1) is 14.7. The van der Waals surface area contributed by atoms with E-state index in [0.29, 0.717) is 13.0 Å². The number of nitrogens with one attached hydrogen (secondary N) is 1. The van der Waals surface area contributed by atoms with Crippen molar-refractivity contribution in [2.75, 3.05) is 16.8 Å². The molecule has 6 heteroatoms. The molecule has 1 fully saturated rings. The Morgan fingerprint density at radius 1 is 1.25 bits per heavy atom. The molecule has 1 aliphatic rings. The molecule has 4 rings (SSSR count). The summed E-state index contributed by atoms with van der Waals surface area (Å²) in [5.41, 5.74) is 4.05. The second kappa shape index (κ2) is 5.96. The van der Waals surface area contributed by atoms with Crippen LogP contribution in [0.5, 0.6) is 0 Å². The number of nitrogens with zero attached hydrogens (tertiary/aromatic N) is 4. The van der Waals surface area contributed by atoms with Gasteiger partial charge in [-0.15, -0.1) is 0 Å². The van der Waals surface area contributed by atoms with E-state index >= 15 is 0 Å². The van der Waals surface area contributed by atoms with Crippen LogP contribution in [0.2, 0.25) is 0 Å². The predicted molar refractivity (Wildman–Crippen MR) is 93.1 cm³/mol. The lowest BCUT2D eigenvalue weighted by atomic mass is 10.2. The zero-order chi connectivity index (χ0) is 16.5. The minimum Gasteiger partial charge on any atom is -0.364 e. The van der Waals surface area contributed by atoms with Gasteiger partial charge in [0, 0.05) is 37.6 Å². The Balaban J connectivity index is 1.48. The highest BCUT2D eigenvalue weighted by Crippen LogP contribution is 2.22. The predicted octanol–water partition coefficient (Wildman–Crippen LogP) is 2.78. The SMILES string of the molecule is Cc1cc2c(NCc3ccc(N4CCCC4=O)cc3)nccn2n1. The van der Waals surface area contributed by atoms with Gasteiger partial charge in [-0.3, -0.25) is 4.79 Å². The van der Waals surface area contributed by atoms with E-state index in [0.717, 1.165) is 41.2 Å². The highest BCUT2D eigenvalue weighted by atomic mass is 16.2. The molecule has 0 spiro atoms. The summed E-state index contributed by atoms with van der Waals surface area (Å²) in [6.45, 7) is 3.46.